The first kappa shape index (κ1) is 14.6. The molecule has 1 N–H and O–H groups in total. The van der Waals surface area contributed by atoms with E-state index in [2.05, 4.69) is 15.0 Å². The van der Waals surface area contributed by atoms with Crippen LogP contribution in [0.25, 0.3) is 16.7 Å². The zero-order valence-corrected chi connectivity index (χ0v) is 13.7. The zero-order chi connectivity index (χ0) is 16.5. The van der Waals surface area contributed by atoms with E-state index in [1.807, 2.05) is 59.5 Å². The van der Waals surface area contributed by atoms with Crippen molar-refractivity contribution < 1.29 is 4.79 Å². The molecule has 5 nitrogen and oxygen atoms in total. The van der Waals surface area contributed by atoms with Crippen molar-refractivity contribution in [1.29, 1.82) is 0 Å². The fourth-order valence-corrected chi connectivity index (χ4v) is 3.36. The van der Waals surface area contributed by atoms with Gasteiger partial charge in [-0.25, -0.2) is 4.98 Å². The highest BCUT2D eigenvalue weighted by Crippen LogP contribution is 2.17. The molecule has 0 bridgehead atoms. The number of aryl methyl sites for hydroxylation is 1. The van der Waals surface area contributed by atoms with E-state index < -0.39 is 0 Å². The largest absolute Gasteiger partial charge is 0.345 e. The molecule has 0 saturated carbocycles. The number of nitrogens with zero attached hydrogens (tertiary/aromatic N) is 3. The van der Waals surface area contributed by atoms with Crippen LogP contribution in [-0.2, 0) is 0 Å². The van der Waals surface area contributed by atoms with Gasteiger partial charge in [-0.05, 0) is 30.7 Å². The Morgan fingerprint density at radius 3 is 3.00 bits per heavy atom. The summed E-state index contributed by atoms with van der Waals surface area (Å²) >= 11 is 1.43. The van der Waals surface area contributed by atoms with Crippen molar-refractivity contribution in [3.63, 3.8) is 0 Å². The van der Waals surface area contributed by atoms with Crippen molar-refractivity contribution in [1.82, 2.24) is 14.5 Å². The van der Waals surface area contributed by atoms with Gasteiger partial charge in [-0.15, -0.1) is 11.3 Å². The molecule has 0 aliphatic carbocycles. The summed E-state index contributed by atoms with van der Waals surface area (Å²) in [6, 6.07) is 11.7. The lowest BCUT2D eigenvalue weighted by Crippen LogP contribution is -2.15. The number of amides is 1. The van der Waals surface area contributed by atoms with Gasteiger partial charge in [0.2, 0.25) is 0 Å². The van der Waals surface area contributed by atoms with E-state index in [-0.39, 0.29) is 5.91 Å². The Balaban J connectivity index is 1.81. The summed E-state index contributed by atoms with van der Waals surface area (Å²) in [5.41, 5.74) is 3.36. The van der Waals surface area contributed by atoms with E-state index in [9.17, 15) is 4.79 Å². The highest BCUT2D eigenvalue weighted by atomic mass is 32.1. The van der Waals surface area contributed by atoms with Crippen LogP contribution in [0, 0.1) is 6.92 Å². The molecule has 6 heteroatoms. The average molecular weight is 334 g/mol. The standard InChI is InChI=1S/C18H14N4OS/c1-12-5-2-3-7-15(12)22-9-10-24-18(22)21-17(23)14-11-20-16-13(14)6-4-8-19-16/h2-11H,1H3,(H,19,20). The lowest BCUT2D eigenvalue weighted by Gasteiger charge is -2.06. The molecule has 3 heterocycles. The van der Waals surface area contributed by atoms with Gasteiger partial charge in [0, 0.05) is 29.4 Å². The van der Waals surface area contributed by atoms with Crippen molar-refractivity contribution in [2.75, 3.05) is 0 Å². The number of pyridine rings is 1. The number of hydrogen-bond acceptors (Lipinski definition) is 3. The second kappa shape index (κ2) is 5.90. The highest BCUT2D eigenvalue weighted by molar-refractivity contribution is 7.07. The molecule has 4 rings (SSSR count). The summed E-state index contributed by atoms with van der Waals surface area (Å²) < 4.78 is 1.94. The molecule has 1 amide bonds. The van der Waals surface area contributed by atoms with Crippen LogP contribution in [0.1, 0.15) is 15.9 Å². The maximum atomic E-state index is 12.6. The van der Waals surface area contributed by atoms with E-state index in [4.69, 9.17) is 0 Å². The molecule has 0 aliphatic rings. The van der Waals surface area contributed by atoms with E-state index in [0.717, 1.165) is 16.6 Å². The second-order valence-corrected chi connectivity index (χ2v) is 6.23. The summed E-state index contributed by atoms with van der Waals surface area (Å²) in [4.78, 5) is 24.8. The van der Waals surface area contributed by atoms with Crippen molar-refractivity contribution in [2.24, 2.45) is 4.99 Å². The number of para-hydroxylation sites is 1. The van der Waals surface area contributed by atoms with Crippen LogP contribution in [-0.4, -0.2) is 20.4 Å². The molecule has 0 radical (unpaired) electrons. The first-order chi connectivity index (χ1) is 11.7. The number of carbonyl (C=O) groups excluding carboxylic acids is 1. The third-order valence-electron chi connectivity index (χ3n) is 3.84. The predicted molar refractivity (Wildman–Crippen MR) is 94.4 cm³/mol. The molecular weight excluding hydrogens is 320 g/mol. The number of hydrogen-bond donors (Lipinski definition) is 1. The molecule has 0 saturated heterocycles. The van der Waals surface area contributed by atoms with Crippen LogP contribution in [0.15, 0.2) is 65.4 Å². The summed E-state index contributed by atoms with van der Waals surface area (Å²) in [6.45, 7) is 2.04. The summed E-state index contributed by atoms with van der Waals surface area (Å²) in [5.74, 6) is -0.279. The Kier molecular flexibility index (Phi) is 3.59. The Labute approximate surface area is 142 Å². The first-order valence-electron chi connectivity index (χ1n) is 7.47. The van der Waals surface area contributed by atoms with Gasteiger partial charge in [0.1, 0.15) is 5.65 Å². The minimum Gasteiger partial charge on any atom is -0.345 e. The van der Waals surface area contributed by atoms with Crippen LogP contribution in [0.5, 0.6) is 0 Å². The Morgan fingerprint density at radius 1 is 1.25 bits per heavy atom. The number of benzene rings is 1. The monoisotopic (exact) mass is 334 g/mol. The van der Waals surface area contributed by atoms with Crippen molar-refractivity contribution in [2.45, 2.75) is 6.92 Å². The number of carbonyl (C=O) groups is 1. The number of fused-ring (bicyclic) bond motifs is 1. The maximum absolute atomic E-state index is 12.6. The van der Waals surface area contributed by atoms with E-state index in [1.54, 1.807) is 12.4 Å². The lowest BCUT2D eigenvalue weighted by atomic mass is 10.2. The molecule has 0 unspecified atom stereocenters. The third-order valence-corrected chi connectivity index (χ3v) is 4.60. The minimum atomic E-state index is -0.279. The van der Waals surface area contributed by atoms with Gasteiger partial charge in [-0.1, -0.05) is 18.2 Å². The van der Waals surface area contributed by atoms with Gasteiger partial charge < -0.3 is 4.98 Å². The summed E-state index contributed by atoms with van der Waals surface area (Å²) in [5, 5.41) is 2.71. The molecule has 1 aromatic carbocycles. The number of H-pyrrole nitrogens is 1. The maximum Gasteiger partial charge on any atom is 0.281 e. The van der Waals surface area contributed by atoms with Crippen molar-refractivity contribution in [3.8, 4) is 5.69 Å². The van der Waals surface area contributed by atoms with Gasteiger partial charge in [-0.2, -0.15) is 4.99 Å². The summed E-state index contributed by atoms with van der Waals surface area (Å²) in [7, 11) is 0. The molecule has 0 spiro atoms. The van der Waals surface area contributed by atoms with Gasteiger partial charge >= 0.3 is 0 Å². The molecular formula is C18H14N4OS. The number of rotatable bonds is 2. The van der Waals surface area contributed by atoms with Crippen LogP contribution in [0.2, 0.25) is 0 Å². The van der Waals surface area contributed by atoms with Crippen LogP contribution in [0.4, 0.5) is 0 Å². The van der Waals surface area contributed by atoms with Gasteiger partial charge in [0.25, 0.3) is 5.91 Å². The zero-order valence-electron chi connectivity index (χ0n) is 12.9. The van der Waals surface area contributed by atoms with Crippen molar-refractivity contribution in [3.05, 3.63) is 76.3 Å². The van der Waals surface area contributed by atoms with Crippen LogP contribution in [0.3, 0.4) is 0 Å². The van der Waals surface area contributed by atoms with Gasteiger partial charge in [0.05, 0.1) is 11.3 Å². The third kappa shape index (κ3) is 2.47. The fourth-order valence-electron chi connectivity index (χ4n) is 2.65. The molecule has 0 atom stereocenters. The normalized spacial score (nSPS) is 12.0. The van der Waals surface area contributed by atoms with E-state index in [1.165, 1.54) is 11.3 Å². The molecule has 3 aromatic heterocycles. The molecule has 4 aromatic rings. The van der Waals surface area contributed by atoms with Crippen LogP contribution < -0.4 is 4.80 Å². The number of nitrogens with one attached hydrogen (secondary N) is 1. The molecule has 0 fully saturated rings. The smallest absolute Gasteiger partial charge is 0.281 e. The topological polar surface area (TPSA) is 63.0 Å². The minimum absolute atomic E-state index is 0.279. The second-order valence-electron chi connectivity index (χ2n) is 5.36. The predicted octanol–water partition coefficient (Wildman–Crippen LogP) is 3.46. The highest BCUT2D eigenvalue weighted by Gasteiger charge is 2.12. The quantitative estimate of drug-likeness (QED) is 0.610. The average Bonchev–Trinajstić information content (AvgIpc) is 3.22. The molecule has 118 valence electrons. The van der Waals surface area contributed by atoms with E-state index in [0.29, 0.717) is 16.0 Å². The van der Waals surface area contributed by atoms with Crippen molar-refractivity contribution >= 4 is 28.3 Å². The fraction of sp³-hybridized carbons (Fsp3) is 0.0556. The summed E-state index contributed by atoms with van der Waals surface area (Å²) in [6.07, 6.45) is 5.28. The Hall–Kier alpha value is -2.99. The Morgan fingerprint density at radius 2 is 2.12 bits per heavy atom. The van der Waals surface area contributed by atoms with Gasteiger partial charge in [-0.3, -0.25) is 9.36 Å². The van der Waals surface area contributed by atoms with Crippen LogP contribution >= 0.6 is 11.3 Å². The first-order valence-corrected chi connectivity index (χ1v) is 8.35. The van der Waals surface area contributed by atoms with E-state index >= 15 is 0 Å². The molecule has 24 heavy (non-hydrogen) atoms. The molecule has 0 aliphatic heterocycles. The number of aromatic nitrogens is 3. The number of aromatic amines is 1. The SMILES string of the molecule is Cc1ccccc1-n1ccsc1=NC(=O)c1c[nH]c2ncccc12. The Bertz CT molecular complexity index is 1100. The lowest BCUT2D eigenvalue weighted by molar-refractivity contribution is 0.0999. The number of thiazole rings is 1. The van der Waals surface area contributed by atoms with Gasteiger partial charge in [0.15, 0.2) is 4.80 Å².